The summed E-state index contributed by atoms with van der Waals surface area (Å²) >= 11 is 0. The summed E-state index contributed by atoms with van der Waals surface area (Å²) < 4.78 is 0. The maximum absolute atomic E-state index is 4.26. The lowest BCUT2D eigenvalue weighted by molar-refractivity contribution is 0.802. The third-order valence-corrected chi connectivity index (χ3v) is 2.04. The highest BCUT2D eigenvalue weighted by Gasteiger charge is 2.08. The minimum atomic E-state index is 0.708. The van der Waals surface area contributed by atoms with Crippen molar-refractivity contribution in [3.8, 4) is 0 Å². The minimum absolute atomic E-state index is 0.708. The molecule has 4 heteroatoms. The van der Waals surface area contributed by atoms with Crippen LogP contribution in [0.5, 0.6) is 0 Å². The zero-order valence-corrected chi connectivity index (χ0v) is 7.57. The zero-order valence-electron chi connectivity index (χ0n) is 7.57. The third kappa shape index (κ3) is 1.61. The second kappa shape index (κ2) is 3.43. The first-order valence-electron chi connectivity index (χ1n) is 4.38. The lowest BCUT2D eigenvalue weighted by atomic mass is 10.2. The monoisotopic (exact) mass is 176 g/mol. The van der Waals surface area contributed by atoms with E-state index in [2.05, 4.69) is 28.5 Å². The molecule has 13 heavy (non-hydrogen) atoms. The van der Waals surface area contributed by atoms with Gasteiger partial charge in [0, 0.05) is 6.20 Å². The lowest BCUT2D eigenvalue weighted by Gasteiger charge is -2.12. The zero-order chi connectivity index (χ0) is 9.10. The summed E-state index contributed by atoms with van der Waals surface area (Å²) in [5.41, 5.74) is 4.16. The number of anilines is 1. The van der Waals surface area contributed by atoms with E-state index in [1.807, 2.05) is 17.2 Å². The Labute approximate surface area is 77.3 Å². The topological polar surface area (TPSA) is 40.5 Å². The molecule has 0 unspecified atom stereocenters. The van der Waals surface area contributed by atoms with Crippen molar-refractivity contribution in [2.45, 2.75) is 13.3 Å². The summed E-state index contributed by atoms with van der Waals surface area (Å²) in [6.45, 7) is 2.84. The van der Waals surface area contributed by atoms with E-state index in [1.165, 1.54) is 5.56 Å². The standard InChI is InChI=1S/C9H12N4/c1-2-8-3-4-10-9(5-8)13-6-11-12-7-13/h3-6,12H,2,7H2,1H3. The molecule has 2 heterocycles. The molecule has 68 valence electrons. The molecule has 0 aromatic carbocycles. The summed E-state index contributed by atoms with van der Waals surface area (Å²) in [5, 5.41) is 3.91. The Hall–Kier alpha value is -1.58. The Balaban J connectivity index is 2.24. The van der Waals surface area contributed by atoms with Crippen LogP contribution in [0.25, 0.3) is 0 Å². The van der Waals surface area contributed by atoms with Crippen LogP contribution in [-0.2, 0) is 6.42 Å². The van der Waals surface area contributed by atoms with E-state index in [4.69, 9.17) is 0 Å². The van der Waals surface area contributed by atoms with Gasteiger partial charge < -0.3 is 0 Å². The van der Waals surface area contributed by atoms with E-state index >= 15 is 0 Å². The van der Waals surface area contributed by atoms with Gasteiger partial charge in [0.1, 0.15) is 18.8 Å². The van der Waals surface area contributed by atoms with E-state index in [0.717, 1.165) is 12.2 Å². The van der Waals surface area contributed by atoms with Gasteiger partial charge in [0.25, 0.3) is 0 Å². The SMILES string of the molecule is CCc1ccnc(N2C=NNC2)c1. The number of pyridine rings is 1. The second-order valence-electron chi connectivity index (χ2n) is 2.91. The maximum Gasteiger partial charge on any atom is 0.135 e. The molecule has 0 amide bonds. The largest absolute Gasteiger partial charge is 0.296 e. The lowest BCUT2D eigenvalue weighted by Crippen LogP contribution is -2.23. The van der Waals surface area contributed by atoms with E-state index < -0.39 is 0 Å². The number of aryl methyl sites for hydroxylation is 1. The van der Waals surface area contributed by atoms with Gasteiger partial charge in [-0.15, -0.1) is 0 Å². The minimum Gasteiger partial charge on any atom is -0.296 e. The van der Waals surface area contributed by atoms with Crippen LogP contribution in [0.3, 0.4) is 0 Å². The molecule has 0 atom stereocenters. The Morgan fingerprint density at radius 1 is 1.62 bits per heavy atom. The van der Waals surface area contributed by atoms with Crippen LogP contribution in [0.15, 0.2) is 23.4 Å². The van der Waals surface area contributed by atoms with E-state index in [9.17, 15) is 0 Å². The van der Waals surface area contributed by atoms with Crippen LogP contribution in [-0.4, -0.2) is 18.0 Å². The van der Waals surface area contributed by atoms with Gasteiger partial charge in [-0.1, -0.05) is 6.92 Å². The van der Waals surface area contributed by atoms with Gasteiger partial charge in [-0.25, -0.2) is 4.98 Å². The number of rotatable bonds is 2. The molecule has 1 aromatic heterocycles. The van der Waals surface area contributed by atoms with Gasteiger partial charge in [0.2, 0.25) is 0 Å². The fraction of sp³-hybridized carbons (Fsp3) is 0.333. The molecule has 0 saturated carbocycles. The molecule has 1 aliphatic heterocycles. The highest BCUT2D eigenvalue weighted by atomic mass is 15.5. The molecule has 0 radical (unpaired) electrons. The summed E-state index contributed by atoms with van der Waals surface area (Å²) in [7, 11) is 0. The summed E-state index contributed by atoms with van der Waals surface area (Å²) in [4.78, 5) is 6.24. The van der Waals surface area contributed by atoms with Crippen molar-refractivity contribution in [1.82, 2.24) is 10.4 Å². The first kappa shape index (κ1) is 8.04. The predicted octanol–water partition coefficient (Wildman–Crippen LogP) is 0.954. The van der Waals surface area contributed by atoms with Crippen molar-refractivity contribution in [3.63, 3.8) is 0 Å². The fourth-order valence-corrected chi connectivity index (χ4v) is 1.25. The average molecular weight is 176 g/mol. The quantitative estimate of drug-likeness (QED) is 0.729. The maximum atomic E-state index is 4.26. The number of aromatic nitrogens is 1. The predicted molar refractivity (Wildman–Crippen MR) is 52.6 cm³/mol. The first-order valence-corrected chi connectivity index (χ1v) is 4.38. The molecule has 2 rings (SSSR count). The molecule has 0 saturated heterocycles. The van der Waals surface area contributed by atoms with Crippen LogP contribution in [0, 0.1) is 0 Å². The number of hydrogen-bond donors (Lipinski definition) is 1. The molecular formula is C9H12N4. The van der Waals surface area contributed by atoms with Crippen molar-refractivity contribution in [1.29, 1.82) is 0 Å². The van der Waals surface area contributed by atoms with Gasteiger partial charge in [0.15, 0.2) is 0 Å². The summed E-state index contributed by atoms with van der Waals surface area (Å²) in [6, 6.07) is 4.11. The molecule has 1 N–H and O–H groups in total. The number of nitrogens with one attached hydrogen (secondary N) is 1. The van der Waals surface area contributed by atoms with Crippen molar-refractivity contribution in [2.24, 2.45) is 5.10 Å². The highest BCUT2D eigenvalue weighted by Crippen LogP contribution is 2.12. The van der Waals surface area contributed by atoms with Crippen LogP contribution in [0.1, 0.15) is 12.5 Å². The van der Waals surface area contributed by atoms with Gasteiger partial charge in [-0.3, -0.25) is 10.3 Å². The molecular weight excluding hydrogens is 164 g/mol. The molecule has 0 spiro atoms. The number of nitrogens with zero attached hydrogens (tertiary/aromatic N) is 3. The fourth-order valence-electron chi connectivity index (χ4n) is 1.25. The van der Waals surface area contributed by atoms with Crippen LogP contribution in [0.4, 0.5) is 5.82 Å². The molecule has 1 aliphatic rings. The molecule has 4 nitrogen and oxygen atoms in total. The summed E-state index contributed by atoms with van der Waals surface area (Å²) in [5.74, 6) is 0.952. The summed E-state index contributed by atoms with van der Waals surface area (Å²) in [6.07, 6.45) is 4.62. The average Bonchev–Trinajstić information content (AvgIpc) is 2.71. The van der Waals surface area contributed by atoms with Crippen molar-refractivity contribution >= 4 is 12.2 Å². The Bertz CT molecular complexity index is 321. The number of hydrogen-bond acceptors (Lipinski definition) is 4. The van der Waals surface area contributed by atoms with E-state index in [-0.39, 0.29) is 0 Å². The van der Waals surface area contributed by atoms with E-state index in [1.54, 1.807) is 6.34 Å². The Morgan fingerprint density at radius 3 is 3.23 bits per heavy atom. The molecule has 0 fully saturated rings. The third-order valence-electron chi connectivity index (χ3n) is 2.04. The van der Waals surface area contributed by atoms with Crippen LogP contribution in [0.2, 0.25) is 0 Å². The van der Waals surface area contributed by atoms with Gasteiger partial charge in [0.05, 0.1) is 0 Å². The number of hydrazone groups is 1. The van der Waals surface area contributed by atoms with Gasteiger partial charge in [-0.2, -0.15) is 5.10 Å². The second-order valence-corrected chi connectivity index (χ2v) is 2.91. The highest BCUT2D eigenvalue weighted by molar-refractivity contribution is 5.78. The normalized spacial score (nSPS) is 14.7. The van der Waals surface area contributed by atoms with Crippen molar-refractivity contribution < 1.29 is 0 Å². The van der Waals surface area contributed by atoms with Crippen LogP contribution < -0.4 is 10.3 Å². The molecule has 0 bridgehead atoms. The van der Waals surface area contributed by atoms with Gasteiger partial charge >= 0.3 is 0 Å². The Kier molecular flexibility index (Phi) is 2.12. The Morgan fingerprint density at radius 2 is 2.54 bits per heavy atom. The molecule has 0 aliphatic carbocycles. The van der Waals surface area contributed by atoms with E-state index in [0.29, 0.717) is 6.67 Å². The first-order chi connectivity index (χ1) is 6.40. The smallest absolute Gasteiger partial charge is 0.135 e. The van der Waals surface area contributed by atoms with Crippen molar-refractivity contribution in [2.75, 3.05) is 11.6 Å². The molecule has 1 aromatic rings. The van der Waals surface area contributed by atoms with Crippen LogP contribution >= 0.6 is 0 Å². The van der Waals surface area contributed by atoms with Gasteiger partial charge in [-0.05, 0) is 24.1 Å². The van der Waals surface area contributed by atoms with Crippen molar-refractivity contribution in [3.05, 3.63) is 23.9 Å².